The van der Waals surface area contributed by atoms with Crippen molar-refractivity contribution in [3.63, 3.8) is 0 Å². The number of ether oxygens (including phenoxy) is 3. The van der Waals surface area contributed by atoms with E-state index < -0.39 is 48.6 Å². The molecule has 0 aromatic carbocycles. The lowest BCUT2D eigenvalue weighted by Crippen LogP contribution is -2.57. The molecule has 2 rings (SSSR count). The van der Waals surface area contributed by atoms with Gasteiger partial charge in [-0.2, -0.15) is 26.3 Å². The summed E-state index contributed by atoms with van der Waals surface area (Å²) in [6, 6.07) is 0. The third-order valence-corrected chi connectivity index (χ3v) is 4.08. The number of hydrogen-bond acceptors (Lipinski definition) is 3. The van der Waals surface area contributed by atoms with Crippen LogP contribution in [0.25, 0.3) is 0 Å². The highest BCUT2D eigenvalue weighted by Gasteiger charge is 2.83. The predicted octanol–water partition coefficient (Wildman–Crippen LogP) is 3.22. The molecule has 0 unspecified atom stereocenters. The van der Waals surface area contributed by atoms with E-state index in [0.717, 1.165) is 0 Å². The van der Waals surface area contributed by atoms with E-state index in [1.807, 2.05) is 0 Å². The van der Waals surface area contributed by atoms with Gasteiger partial charge in [0.1, 0.15) is 0 Å². The maximum absolute atomic E-state index is 13.4. The maximum atomic E-state index is 13.4. The highest BCUT2D eigenvalue weighted by Crippen LogP contribution is 2.63. The number of alkyl halides is 6. The van der Waals surface area contributed by atoms with Crippen molar-refractivity contribution in [1.82, 2.24) is 0 Å². The lowest BCUT2D eigenvalue weighted by molar-refractivity contribution is -0.322. The van der Waals surface area contributed by atoms with Crippen LogP contribution in [0.15, 0.2) is 0 Å². The highest BCUT2D eigenvalue weighted by atomic mass is 19.4. The van der Waals surface area contributed by atoms with E-state index >= 15 is 0 Å². The smallest absolute Gasteiger partial charge is 0.375 e. The summed E-state index contributed by atoms with van der Waals surface area (Å²) >= 11 is 0. The Kier molecular flexibility index (Phi) is 4.00. The summed E-state index contributed by atoms with van der Waals surface area (Å²) in [7, 11) is 0. The van der Waals surface area contributed by atoms with Crippen molar-refractivity contribution in [1.29, 1.82) is 0 Å². The number of rotatable bonds is 4. The maximum Gasteiger partial charge on any atom is 0.420 e. The molecule has 0 N–H and O–H groups in total. The Morgan fingerprint density at radius 3 is 1.43 bits per heavy atom. The van der Waals surface area contributed by atoms with Crippen molar-refractivity contribution in [3.8, 4) is 0 Å². The van der Waals surface area contributed by atoms with E-state index in [2.05, 4.69) is 4.74 Å². The fourth-order valence-corrected chi connectivity index (χ4v) is 3.18. The molecule has 9 heteroatoms. The van der Waals surface area contributed by atoms with Crippen molar-refractivity contribution in [2.24, 2.45) is 0 Å². The van der Waals surface area contributed by atoms with Gasteiger partial charge < -0.3 is 14.2 Å². The van der Waals surface area contributed by atoms with Crippen LogP contribution >= 0.6 is 0 Å². The van der Waals surface area contributed by atoms with Crippen LogP contribution < -0.4 is 0 Å². The molecule has 0 aromatic heterocycles. The molecule has 21 heavy (non-hydrogen) atoms. The molecule has 2 fully saturated rings. The van der Waals surface area contributed by atoms with Gasteiger partial charge in [-0.3, -0.25) is 0 Å². The van der Waals surface area contributed by atoms with Crippen molar-refractivity contribution in [2.75, 3.05) is 13.2 Å². The summed E-state index contributed by atoms with van der Waals surface area (Å²) in [4.78, 5) is 0. The van der Waals surface area contributed by atoms with Crippen LogP contribution in [0.5, 0.6) is 0 Å². The van der Waals surface area contributed by atoms with Crippen LogP contribution in [0, 0.1) is 0 Å². The third kappa shape index (κ3) is 2.24. The van der Waals surface area contributed by atoms with Gasteiger partial charge in [0.05, 0.1) is 12.2 Å². The van der Waals surface area contributed by atoms with E-state index in [-0.39, 0.29) is 13.2 Å². The standard InChI is InChI=1S/C12H16F6O3/c1-3-19-7-5-10(12(16,17)18)8(20-4-2)6-9(7,21-10)11(13,14)15/h7-8H,3-6H2,1-2H3/t7-,8-,9+,10+/m1/s1. The van der Waals surface area contributed by atoms with Crippen LogP contribution in [0.2, 0.25) is 0 Å². The second kappa shape index (κ2) is 4.99. The van der Waals surface area contributed by atoms with Gasteiger partial charge in [0, 0.05) is 26.1 Å². The van der Waals surface area contributed by atoms with Gasteiger partial charge in [-0.25, -0.2) is 0 Å². The molecule has 124 valence electrons. The Morgan fingerprint density at radius 2 is 1.19 bits per heavy atom. The monoisotopic (exact) mass is 322 g/mol. The van der Waals surface area contributed by atoms with E-state index in [9.17, 15) is 26.3 Å². The molecule has 0 aromatic rings. The average Bonchev–Trinajstić information content (AvgIpc) is 2.82. The number of halogens is 6. The molecule has 2 aliphatic heterocycles. The normalized spacial score (nSPS) is 40.0. The van der Waals surface area contributed by atoms with Gasteiger partial charge >= 0.3 is 12.4 Å². The van der Waals surface area contributed by atoms with Crippen LogP contribution in [0.1, 0.15) is 26.7 Å². The Hall–Kier alpha value is -0.540. The van der Waals surface area contributed by atoms with Gasteiger partial charge in [0.25, 0.3) is 0 Å². The summed E-state index contributed by atoms with van der Waals surface area (Å²) in [6.07, 6.45) is -15.1. The molecule has 3 nitrogen and oxygen atoms in total. The Balaban J connectivity index is 2.46. The quantitative estimate of drug-likeness (QED) is 0.744. The van der Waals surface area contributed by atoms with Gasteiger partial charge in [-0.15, -0.1) is 0 Å². The van der Waals surface area contributed by atoms with Crippen molar-refractivity contribution >= 4 is 0 Å². The third-order valence-electron chi connectivity index (χ3n) is 4.08. The molecule has 2 saturated heterocycles. The van der Waals surface area contributed by atoms with Gasteiger partial charge in [0.15, 0.2) is 11.2 Å². The SMILES string of the molecule is CCO[C@@H]1C[C@]2(C(F)(F)F)O[C@@]1(C(F)(F)F)C[C@H]2OCC. The van der Waals surface area contributed by atoms with Gasteiger partial charge in [0.2, 0.25) is 0 Å². The van der Waals surface area contributed by atoms with Gasteiger partial charge in [-0.1, -0.05) is 0 Å². The summed E-state index contributed by atoms with van der Waals surface area (Å²) in [5.74, 6) is 0. The molecule has 0 amide bonds. The largest absolute Gasteiger partial charge is 0.420 e. The minimum Gasteiger partial charge on any atom is -0.375 e. The fraction of sp³-hybridized carbons (Fsp3) is 1.00. The molecular weight excluding hydrogens is 306 g/mol. The van der Waals surface area contributed by atoms with Crippen LogP contribution in [-0.2, 0) is 14.2 Å². The number of hydrogen-bond donors (Lipinski definition) is 0. The van der Waals surface area contributed by atoms with E-state index in [4.69, 9.17) is 9.47 Å². The summed E-state index contributed by atoms with van der Waals surface area (Å²) in [5.41, 5.74) is -5.92. The summed E-state index contributed by atoms with van der Waals surface area (Å²) < 4.78 is 94.6. The van der Waals surface area contributed by atoms with E-state index in [0.29, 0.717) is 0 Å². The molecule has 4 atom stereocenters. The molecule has 0 spiro atoms. The first-order valence-electron chi connectivity index (χ1n) is 6.61. The average molecular weight is 322 g/mol. The second-order valence-corrected chi connectivity index (χ2v) is 5.17. The first-order chi connectivity index (χ1) is 9.54. The minimum absolute atomic E-state index is 0.126. The molecule has 2 heterocycles. The highest BCUT2D eigenvalue weighted by molar-refractivity contribution is 5.21. The predicted molar refractivity (Wildman–Crippen MR) is 58.7 cm³/mol. The van der Waals surface area contributed by atoms with E-state index in [1.165, 1.54) is 13.8 Å². The minimum atomic E-state index is -4.97. The first kappa shape index (κ1) is 16.8. The molecule has 0 radical (unpaired) electrons. The van der Waals surface area contributed by atoms with Crippen LogP contribution in [0.3, 0.4) is 0 Å². The lowest BCUT2D eigenvalue weighted by Gasteiger charge is -2.37. The zero-order chi connectivity index (χ0) is 16.1. The molecule has 0 aliphatic carbocycles. The van der Waals surface area contributed by atoms with Crippen molar-refractivity contribution < 1.29 is 40.6 Å². The van der Waals surface area contributed by atoms with Crippen LogP contribution in [-0.4, -0.2) is 49.0 Å². The first-order valence-corrected chi connectivity index (χ1v) is 6.61. The van der Waals surface area contributed by atoms with E-state index in [1.54, 1.807) is 0 Å². The molecule has 2 bridgehead atoms. The zero-order valence-corrected chi connectivity index (χ0v) is 11.5. The molecule has 2 aliphatic rings. The van der Waals surface area contributed by atoms with Crippen molar-refractivity contribution in [3.05, 3.63) is 0 Å². The Bertz CT molecular complexity index is 359. The second-order valence-electron chi connectivity index (χ2n) is 5.17. The summed E-state index contributed by atoms with van der Waals surface area (Å²) in [6.45, 7) is 2.60. The number of fused-ring (bicyclic) bond motifs is 2. The zero-order valence-electron chi connectivity index (χ0n) is 11.5. The Morgan fingerprint density at radius 1 is 0.857 bits per heavy atom. The fourth-order valence-electron chi connectivity index (χ4n) is 3.18. The van der Waals surface area contributed by atoms with Crippen molar-refractivity contribution in [2.45, 2.75) is 62.5 Å². The summed E-state index contributed by atoms with van der Waals surface area (Å²) in [5, 5.41) is 0. The molecule has 0 saturated carbocycles. The molecular formula is C12H16F6O3. The lowest BCUT2D eigenvalue weighted by atomic mass is 9.76. The van der Waals surface area contributed by atoms with Crippen LogP contribution in [0.4, 0.5) is 26.3 Å². The topological polar surface area (TPSA) is 27.7 Å². The van der Waals surface area contributed by atoms with Gasteiger partial charge in [-0.05, 0) is 13.8 Å². The Labute approximate surface area is 117 Å².